The fourth-order valence-electron chi connectivity index (χ4n) is 3.13. The average molecular weight is 313 g/mol. The minimum absolute atomic E-state index is 0.215. The van der Waals surface area contributed by atoms with Crippen LogP contribution in [0.5, 0.6) is 0 Å². The van der Waals surface area contributed by atoms with Crippen molar-refractivity contribution in [3.8, 4) is 0 Å². The lowest BCUT2D eigenvalue weighted by Gasteiger charge is -2.30. The molecule has 1 fully saturated rings. The van der Waals surface area contributed by atoms with Crippen LogP contribution in [-0.4, -0.2) is 28.7 Å². The van der Waals surface area contributed by atoms with E-state index in [0.29, 0.717) is 17.7 Å². The van der Waals surface area contributed by atoms with Gasteiger partial charge in [-0.3, -0.25) is 29.6 Å². The summed E-state index contributed by atoms with van der Waals surface area (Å²) in [4.78, 5) is 42.0. The van der Waals surface area contributed by atoms with Crippen LogP contribution >= 0.6 is 9.24 Å². The highest BCUT2D eigenvalue weighted by Crippen LogP contribution is 2.38. The number of carbonyl (C=O) groups excluding carboxylic acids is 3. The van der Waals surface area contributed by atoms with Gasteiger partial charge in [-0.2, -0.15) is 0 Å². The van der Waals surface area contributed by atoms with Crippen LogP contribution in [0.1, 0.15) is 23.2 Å². The van der Waals surface area contributed by atoms with Crippen LogP contribution in [0, 0.1) is 0 Å². The topological polar surface area (TPSA) is 79.4 Å². The van der Waals surface area contributed by atoms with E-state index in [2.05, 4.69) is 19.5 Å². The average Bonchev–Trinajstić information content (AvgIpc) is 2.77. The van der Waals surface area contributed by atoms with Gasteiger partial charge >= 0.3 is 0 Å². The lowest BCUT2D eigenvalue weighted by atomic mass is 10.0. The van der Waals surface area contributed by atoms with Crippen molar-refractivity contribution in [1.82, 2.24) is 10.3 Å². The number of hydrogen-bond donors (Lipinski definition) is 1. The molecule has 0 bridgehead atoms. The Bertz CT molecular complexity index is 864. The molecule has 3 amide bonds. The van der Waals surface area contributed by atoms with E-state index in [1.807, 2.05) is 6.07 Å². The van der Waals surface area contributed by atoms with Gasteiger partial charge in [-0.25, -0.2) is 0 Å². The van der Waals surface area contributed by atoms with Crippen LogP contribution in [0.4, 0.5) is 5.69 Å². The summed E-state index contributed by atoms with van der Waals surface area (Å²) in [6.45, 7) is 0. The van der Waals surface area contributed by atoms with E-state index in [1.165, 1.54) is 4.90 Å². The van der Waals surface area contributed by atoms with E-state index in [-0.39, 0.29) is 18.2 Å². The second kappa shape index (κ2) is 4.58. The van der Waals surface area contributed by atoms with Crippen LogP contribution in [0.25, 0.3) is 10.9 Å². The monoisotopic (exact) mass is 313 g/mol. The molecular weight excluding hydrogens is 301 g/mol. The lowest BCUT2D eigenvalue weighted by molar-refractivity contribution is -0.134. The number of pyridine rings is 1. The number of rotatable bonds is 1. The SMILES string of the molecule is O=C1CCC(N2C(=O)c3ccc(P)c4nccc2c34)C(=O)N1. The van der Waals surface area contributed by atoms with Gasteiger partial charge in [0.25, 0.3) is 5.91 Å². The number of benzene rings is 1. The molecule has 2 atom stereocenters. The molecule has 22 heavy (non-hydrogen) atoms. The Kier molecular flexibility index (Phi) is 2.78. The van der Waals surface area contributed by atoms with Crippen molar-refractivity contribution in [1.29, 1.82) is 0 Å². The lowest BCUT2D eigenvalue weighted by Crippen LogP contribution is -2.53. The summed E-state index contributed by atoms with van der Waals surface area (Å²) in [5.41, 5.74) is 1.97. The van der Waals surface area contributed by atoms with Gasteiger partial charge in [0, 0.05) is 18.0 Å². The highest BCUT2D eigenvalue weighted by atomic mass is 31.0. The molecule has 1 aromatic heterocycles. The summed E-state index contributed by atoms with van der Waals surface area (Å²) in [7, 11) is 2.60. The third kappa shape index (κ3) is 1.70. The molecule has 3 heterocycles. The van der Waals surface area contributed by atoms with E-state index < -0.39 is 11.9 Å². The van der Waals surface area contributed by atoms with Gasteiger partial charge in [-0.05, 0) is 23.9 Å². The first-order valence-electron chi connectivity index (χ1n) is 6.92. The maximum atomic E-state index is 12.7. The Balaban J connectivity index is 1.89. The van der Waals surface area contributed by atoms with Gasteiger partial charge in [0.2, 0.25) is 11.8 Å². The van der Waals surface area contributed by atoms with Crippen LogP contribution < -0.4 is 15.5 Å². The number of amides is 3. The van der Waals surface area contributed by atoms with Gasteiger partial charge in [0.1, 0.15) is 6.04 Å². The molecule has 7 heteroatoms. The molecule has 2 aliphatic rings. The minimum atomic E-state index is -0.656. The second-order valence-electron chi connectivity index (χ2n) is 5.40. The van der Waals surface area contributed by atoms with Crippen LogP contribution in [-0.2, 0) is 9.59 Å². The van der Waals surface area contributed by atoms with E-state index in [1.54, 1.807) is 18.3 Å². The molecule has 1 N–H and O–H groups in total. The number of nitrogens with one attached hydrogen (secondary N) is 1. The third-order valence-corrected chi connectivity index (χ3v) is 4.60. The van der Waals surface area contributed by atoms with Gasteiger partial charge in [-0.15, -0.1) is 9.24 Å². The van der Waals surface area contributed by atoms with Crippen molar-refractivity contribution in [2.45, 2.75) is 18.9 Å². The number of carbonyl (C=O) groups is 3. The summed E-state index contributed by atoms with van der Waals surface area (Å²) >= 11 is 0. The van der Waals surface area contributed by atoms with Gasteiger partial charge in [0.15, 0.2) is 0 Å². The number of anilines is 1. The molecule has 2 unspecified atom stereocenters. The van der Waals surface area contributed by atoms with E-state index in [4.69, 9.17) is 0 Å². The fraction of sp³-hybridized carbons (Fsp3) is 0.200. The minimum Gasteiger partial charge on any atom is -0.295 e. The molecule has 4 rings (SSSR count). The summed E-state index contributed by atoms with van der Waals surface area (Å²) in [6, 6.07) is 4.66. The number of hydrogen-bond acceptors (Lipinski definition) is 4. The van der Waals surface area contributed by atoms with Crippen molar-refractivity contribution in [2.24, 2.45) is 0 Å². The van der Waals surface area contributed by atoms with Crippen LogP contribution in [0.15, 0.2) is 24.4 Å². The predicted molar refractivity (Wildman–Crippen MR) is 84.1 cm³/mol. The Hall–Kier alpha value is -2.33. The number of piperidine rings is 1. The molecule has 0 aliphatic carbocycles. The summed E-state index contributed by atoms with van der Waals surface area (Å²) in [5, 5.41) is 3.98. The van der Waals surface area contributed by atoms with Gasteiger partial charge < -0.3 is 0 Å². The predicted octanol–water partition coefficient (Wildman–Crippen LogP) is 0.501. The number of imide groups is 1. The van der Waals surface area contributed by atoms with Crippen molar-refractivity contribution < 1.29 is 14.4 Å². The standard InChI is InChI=1S/C15H12N3O3P/c19-11-4-2-9(14(20)17-11)18-8-5-6-16-13-10(22)3-1-7(12(8)13)15(18)21/h1,3,5-6,9H,2,4,22H2,(H,17,19,20). The van der Waals surface area contributed by atoms with Crippen molar-refractivity contribution in [3.63, 3.8) is 0 Å². The van der Waals surface area contributed by atoms with Gasteiger partial charge in [-0.1, -0.05) is 6.07 Å². The molecule has 1 aromatic carbocycles. The molecule has 0 saturated carbocycles. The number of nitrogens with zero attached hydrogens (tertiary/aromatic N) is 2. The normalized spacial score (nSPS) is 20.7. The zero-order chi connectivity index (χ0) is 15.4. The molecule has 6 nitrogen and oxygen atoms in total. The third-order valence-electron chi connectivity index (χ3n) is 4.13. The summed E-state index contributed by atoms with van der Waals surface area (Å²) in [6.07, 6.45) is 2.20. The first-order chi connectivity index (χ1) is 10.6. The maximum absolute atomic E-state index is 12.7. The van der Waals surface area contributed by atoms with Crippen molar-refractivity contribution in [3.05, 3.63) is 30.0 Å². The van der Waals surface area contributed by atoms with Crippen molar-refractivity contribution >= 4 is 48.9 Å². The molecule has 0 radical (unpaired) electrons. The smallest absolute Gasteiger partial charge is 0.259 e. The fourth-order valence-corrected chi connectivity index (χ4v) is 3.44. The zero-order valence-electron chi connectivity index (χ0n) is 11.5. The van der Waals surface area contributed by atoms with Crippen LogP contribution in [0.3, 0.4) is 0 Å². The highest BCUT2D eigenvalue weighted by molar-refractivity contribution is 7.28. The van der Waals surface area contributed by atoms with Crippen LogP contribution in [0.2, 0.25) is 0 Å². The second-order valence-corrected chi connectivity index (χ2v) is 6.02. The summed E-state index contributed by atoms with van der Waals surface area (Å²) in [5.74, 6) is -0.932. The Morgan fingerprint density at radius 2 is 2.05 bits per heavy atom. The van der Waals surface area contributed by atoms with E-state index in [0.717, 1.165) is 16.2 Å². The molecular formula is C15H12N3O3P. The van der Waals surface area contributed by atoms with E-state index >= 15 is 0 Å². The van der Waals surface area contributed by atoms with Gasteiger partial charge in [0.05, 0.1) is 16.8 Å². The Morgan fingerprint density at radius 3 is 2.82 bits per heavy atom. The zero-order valence-corrected chi connectivity index (χ0v) is 12.7. The quantitative estimate of drug-likeness (QED) is 0.614. The highest BCUT2D eigenvalue weighted by Gasteiger charge is 2.40. The first-order valence-corrected chi connectivity index (χ1v) is 7.50. The molecule has 1 saturated heterocycles. The molecule has 110 valence electrons. The Morgan fingerprint density at radius 1 is 1.23 bits per heavy atom. The first kappa shape index (κ1) is 13.3. The largest absolute Gasteiger partial charge is 0.295 e. The number of aromatic nitrogens is 1. The van der Waals surface area contributed by atoms with Crippen molar-refractivity contribution in [2.75, 3.05) is 4.90 Å². The Labute approximate surface area is 128 Å². The summed E-state index contributed by atoms with van der Waals surface area (Å²) < 4.78 is 0. The molecule has 0 spiro atoms. The van der Waals surface area contributed by atoms with E-state index in [9.17, 15) is 14.4 Å². The molecule has 2 aliphatic heterocycles. The molecule has 2 aromatic rings. The maximum Gasteiger partial charge on any atom is 0.259 e.